The molecule has 21 heavy (non-hydrogen) atoms. The Morgan fingerprint density at radius 2 is 2.19 bits per heavy atom. The summed E-state index contributed by atoms with van der Waals surface area (Å²) in [5, 5.41) is 6.92. The first-order valence-corrected chi connectivity index (χ1v) is 7.21. The number of nitrogens with two attached hydrogens (primary N) is 1. The zero-order chi connectivity index (χ0) is 14.8. The van der Waals surface area contributed by atoms with Gasteiger partial charge in [0, 0.05) is 35.2 Å². The molecule has 0 saturated carbocycles. The van der Waals surface area contributed by atoms with Crippen LogP contribution in [-0.4, -0.2) is 30.0 Å². The van der Waals surface area contributed by atoms with E-state index in [9.17, 15) is 4.79 Å². The van der Waals surface area contributed by atoms with E-state index in [1.165, 1.54) is 0 Å². The third kappa shape index (κ3) is 2.78. The number of carbonyl (C=O) groups excluding carboxylic acids is 1. The van der Waals surface area contributed by atoms with Gasteiger partial charge in [-0.3, -0.25) is 4.79 Å². The van der Waals surface area contributed by atoms with Gasteiger partial charge in [-0.25, -0.2) is 0 Å². The summed E-state index contributed by atoms with van der Waals surface area (Å²) in [4.78, 5) is 14.7. The number of amides is 1. The molecule has 1 atom stereocenters. The summed E-state index contributed by atoms with van der Waals surface area (Å²) in [5.41, 5.74) is 9.78. The molecule has 5 heteroatoms. The molecule has 1 fully saturated rings. The first-order valence-electron chi connectivity index (χ1n) is 7.21. The maximum Gasteiger partial charge on any atom is 0.250 e. The van der Waals surface area contributed by atoms with Gasteiger partial charge in [0.1, 0.15) is 0 Å². The number of aryl methyl sites for hydroxylation is 1. The third-order valence-corrected chi connectivity index (χ3v) is 3.92. The molecule has 0 aliphatic carbocycles. The number of anilines is 1. The number of benzene rings is 1. The lowest BCUT2D eigenvalue weighted by molar-refractivity contribution is 0.1000. The van der Waals surface area contributed by atoms with Crippen molar-refractivity contribution in [1.82, 2.24) is 10.3 Å². The Kier molecular flexibility index (Phi) is 3.66. The highest BCUT2D eigenvalue weighted by Gasteiger charge is 2.17. The van der Waals surface area contributed by atoms with Gasteiger partial charge in [0.2, 0.25) is 0 Å². The second-order valence-electron chi connectivity index (χ2n) is 5.47. The van der Waals surface area contributed by atoms with Gasteiger partial charge in [-0.1, -0.05) is 18.2 Å². The number of para-hydroxylation sites is 1. The van der Waals surface area contributed by atoms with Crippen LogP contribution >= 0.6 is 0 Å². The van der Waals surface area contributed by atoms with Gasteiger partial charge >= 0.3 is 0 Å². The smallest absolute Gasteiger partial charge is 0.250 e. The maximum atomic E-state index is 11.4. The highest BCUT2D eigenvalue weighted by Crippen LogP contribution is 2.29. The van der Waals surface area contributed by atoms with E-state index in [0.29, 0.717) is 11.6 Å². The van der Waals surface area contributed by atoms with Crippen LogP contribution < -0.4 is 16.4 Å². The third-order valence-electron chi connectivity index (χ3n) is 3.92. The minimum Gasteiger partial charge on any atom is -0.380 e. The quantitative estimate of drug-likeness (QED) is 0.691. The van der Waals surface area contributed by atoms with E-state index in [4.69, 9.17) is 5.73 Å². The number of hydrogen-bond donors (Lipinski definition) is 4. The molecule has 3 rings (SSSR count). The van der Waals surface area contributed by atoms with Crippen molar-refractivity contribution in [3.8, 4) is 11.3 Å². The highest BCUT2D eigenvalue weighted by atomic mass is 16.1. The van der Waals surface area contributed by atoms with E-state index in [1.54, 1.807) is 0 Å². The van der Waals surface area contributed by atoms with Gasteiger partial charge in [0.05, 0.1) is 5.56 Å². The van der Waals surface area contributed by atoms with E-state index in [-0.39, 0.29) is 0 Å². The van der Waals surface area contributed by atoms with Crippen molar-refractivity contribution in [2.24, 2.45) is 5.73 Å². The summed E-state index contributed by atoms with van der Waals surface area (Å²) in [5.74, 6) is -0.402. The van der Waals surface area contributed by atoms with Crippen LogP contribution in [0.5, 0.6) is 0 Å². The summed E-state index contributed by atoms with van der Waals surface area (Å²) in [7, 11) is 0. The van der Waals surface area contributed by atoms with Crippen molar-refractivity contribution >= 4 is 11.6 Å². The van der Waals surface area contributed by atoms with Crippen LogP contribution in [-0.2, 0) is 0 Å². The van der Waals surface area contributed by atoms with Crippen LogP contribution in [0.25, 0.3) is 11.3 Å². The van der Waals surface area contributed by atoms with Gasteiger partial charge in [-0.15, -0.1) is 0 Å². The van der Waals surface area contributed by atoms with Crippen LogP contribution in [0.1, 0.15) is 22.5 Å². The van der Waals surface area contributed by atoms with Gasteiger partial charge in [-0.05, 0) is 32.0 Å². The van der Waals surface area contributed by atoms with Crippen molar-refractivity contribution in [1.29, 1.82) is 0 Å². The Hall–Kier alpha value is -2.27. The molecule has 110 valence electrons. The zero-order valence-corrected chi connectivity index (χ0v) is 12.1. The summed E-state index contributed by atoms with van der Waals surface area (Å²) < 4.78 is 0. The number of aromatic amines is 1. The fraction of sp³-hybridized carbons (Fsp3) is 0.312. The van der Waals surface area contributed by atoms with Crippen molar-refractivity contribution in [3.05, 3.63) is 41.6 Å². The van der Waals surface area contributed by atoms with Crippen molar-refractivity contribution in [2.45, 2.75) is 19.4 Å². The second kappa shape index (κ2) is 5.61. The molecule has 0 spiro atoms. The fourth-order valence-corrected chi connectivity index (χ4v) is 2.80. The predicted molar refractivity (Wildman–Crippen MR) is 84.4 cm³/mol. The van der Waals surface area contributed by atoms with Crippen LogP contribution in [0.2, 0.25) is 0 Å². The van der Waals surface area contributed by atoms with Crippen LogP contribution in [0, 0.1) is 6.92 Å². The lowest BCUT2D eigenvalue weighted by atomic mass is 10.1. The van der Waals surface area contributed by atoms with E-state index in [1.807, 2.05) is 31.2 Å². The summed E-state index contributed by atoms with van der Waals surface area (Å²) >= 11 is 0. The number of primary amides is 1. The number of aromatic nitrogens is 1. The standard InChI is InChI=1S/C16H20N4O/c1-10-13(16(17)21)8-15(19-10)12-4-2-3-5-14(12)20-11-6-7-18-9-11/h2-5,8,11,18-20H,6-7,9H2,1H3,(H2,17,21)/t11-/m0/s1. The van der Waals surface area contributed by atoms with Crippen molar-refractivity contribution in [3.63, 3.8) is 0 Å². The molecule has 1 aliphatic heterocycles. The molecular formula is C16H20N4O. The van der Waals surface area contributed by atoms with Crippen molar-refractivity contribution in [2.75, 3.05) is 18.4 Å². The van der Waals surface area contributed by atoms with E-state index in [0.717, 1.165) is 42.1 Å². The van der Waals surface area contributed by atoms with Crippen LogP contribution in [0.3, 0.4) is 0 Å². The Morgan fingerprint density at radius 1 is 1.38 bits per heavy atom. The van der Waals surface area contributed by atoms with Gasteiger partial charge in [0.15, 0.2) is 0 Å². The molecule has 2 aromatic rings. The monoisotopic (exact) mass is 284 g/mol. The van der Waals surface area contributed by atoms with Gasteiger partial charge in [0.25, 0.3) is 5.91 Å². The summed E-state index contributed by atoms with van der Waals surface area (Å²) in [6.07, 6.45) is 1.12. The average Bonchev–Trinajstić information content (AvgIpc) is 3.09. The largest absolute Gasteiger partial charge is 0.380 e. The molecule has 1 saturated heterocycles. The molecule has 1 amide bonds. The SMILES string of the molecule is Cc1[nH]c(-c2ccccc2N[C@H]2CCNC2)cc1C(N)=O. The first kappa shape index (κ1) is 13.7. The van der Waals surface area contributed by atoms with Gasteiger partial charge < -0.3 is 21.4 Å². The molecule has 5 N–H and O–H groups in total. The van der Waals surface area contributed by atoms with E-state index in [2.05, 4.69) is 21.7 Å². The summed E-state index contributed by atoms with van der Waals surface area (Å²) in [6.45, 7) is 3.89. The predicted octanol–water partition coefficient (Wildman–Crippen LogP) is 1.86. The van der Waals surface area contributed by atoms with E-state index >= 15 is 0 Å². The molecule has 1 aromatic heterocycles. The van der Waals surface area contributed by atoms with E-state index < -0.39 is 5.91 Å². The number of nitrogens with one attached hydrogen (secondary N) is 3. The van der Waals surface area contributed by atoms with Crippen molar-refractivity contribution < 1.29 is 4.79 Å². The summed E-state index contributed by atoms with van der Waals surface area (Å²) in [6, 6.07) is 10.4. The topological polar surface area (TPSA) is 82.9 Å². The Labute approximate surface area is 123 Å². The normalized spacial score (nSPS) is 17.9. The maximum absolute atomic E-state index is 11.4. The molecule has 1 aromatic carbocycles. The molecule has 1 aliphatic rings. The molecular weight excluding hydrogens is 264 g/mol. The molecule has 2 heterocycles. The number of H-pyrrole nitrogens is 1. The van der Waals surface area contributed by atoms with Crippen LogP contribution in [0.15, 0.2) is 30.3 Å². The minimum atomic E-state index is -0.402. The lowest BCUT2D eigenvalue weighted by Crippen LogP contribution is -2.22. The Bertz CT molecular complexity index is 656. The number of hydrogen-bond acceptors (Lipinski definition) is 3. The lowest BCUT2D eigenvalue weighted by Gasteiger charge is -2.16. The second-order valence-corrected chi connectivity index (χ2v) is 5.47. The molecule has 0 radical (unpaired) electrons. The zero-order valence-electron chi connectivity index (χ0n) is 12.1. The molecule has 5 nitrogen and oxygen atoms in total. The Morgan fingerprint density at radius 3 is 2.86 bits per heavy atom. The number of carbonyl (C=O) groups is 1. The number of rotatable bonds is 4. The van der Waals surface area contributed by atoms with Crippen LogP contribution in [0.4, 0.5) is 5.69 Å². The highest BCUT2D eigenvalue weighted by molar-refractivity contribution is 5.96. The minimum absolute atomic E-state index is 0.402. The van der Waals surface area contributed by atoms with Gasteiger partial charge in [-0.2, -0.15) is 0 Å². The molecule has 0 bridgehead atoms. The fourth-order valence-electron chi connectivity index (χ4n) is 2.80. The molecule has 0 unspecified atom stereocenters. The average molecular weight is 284 g/mol. The Balaban J connectivity index is 1.94. The first-order chi connectivity index (χ1) is 10.1.